The minimum absolute atomic E-state index is 0.151. The molecule has 0 aliphatic carbocycles. The molecule has 0 unspecified atom stereocenters. The Labute approximate surface area is 118 Å². The Kier molecular flexibility index (Phi) is 3.74. The van der Waals surface area contributed by atoms with Crippen molar-refractivity contribution in [2.45, 2.75) is 32.2 Å². The summed E-state index contributed by atoms with van der Waals surface area (Å²) >= 11 is 0. The maximum atomic E-state index is 12.6. The van der Waals surface area contributed by atoms with Crippen molar-refractivity contribution in [3.63, 3.8) is 0 Å². The van der Waals surface area contributed by atoms with Crippen LogP contribution in [0.15, 0.2) is 35.1 Å². The highest BCUT2D eigenvalue weighted by atomic mass is 16.1. The summed E-state index contributed by atoms with van der Waals surface area (Å²) in [5.41, 5.74) is 3.12. The number of aromatic nitrogens is 2. The summed E-state index contributed by atoms with van der Waals surface area (Å²) in [5, 5.41) is 6.71. The van der Waals surface area contributed by atoms with Crippen molar-refractivity contribution < 1.29 is 0 Å². The molecule has 2 heterocycles. The van der Waals surface area contributed by atoms with E-state index in [1.54, 1.807) is 0 Å². The predicted octanol–water partition coefficient (Wildman–Crippen LogP) is 2.33. The van der Waals surface area contributed by atoms with E-state index in [2.05, 4.69) is 22.5 Å². The topological polar surface area (TPSA) is 49.8 Å². The molecule has 2 aromatic rings. The molecule has 1 aromatic carbocycles. The van der Waals surface area contributed by atoms with Crippen molar-refractivity contribution in [3.05, 3.63) is 46.2 Å². The van der Waals surface area contributed by atoms with Gasteiger partial charge in [0.05, 0.1) is 11.7 Å². The van der Waals surface area contributed by atoms with Gasteiger partial charge in [0, 0.05) is 5.56 Å². The van der Waals surface area contributed by atoms with E-state index in [1.807, 2.05) is 29.8 Å². The minimum atomic E-state index is 0.151. The standard InChI is InChI=1S/C16H21N3O/c1-2-14-15(12-6-4-3-5-7-12)18-19(16(14)20)13-8-10-17-11-9-13/h3-7,13,17-18H,2,8-11H2,1H3. The summed E-state index contributed by atoms with van der Waals surface area (Å²) in [4.78, 5) is 12.6. The molecule has 1 fully saturated rings. The van der Waals surface area contributed by atoms with Crippen LogP contribution in [0.5, 0.6) is 0 Å². The zero-order valence-corrected chi connectivity index (χ0v) is 11.9. The fourth-order valence-electron chi connectivity index (χ4n) is 2.98. The summed E-state index contributed by atoms with van der Waals surface area (Å²) in [6, 6.07) is 10.4. The van der Waals surface area contributed by atoms with E-state index < -0.39 is 0 Å². The maximum absolute atomic E-state index is 12.6. The Morgan fingerprint density at radius 2 is 1.90 bits per heavy atom. The number of H-pyrrole nitrogens is 1. The molecule has 4 heteroatoms. The van der Waals surface area contributed by atoms with Crippen LogP contribution in [0.3, 0.4) is 0 Å². The lowest BCUT2D eigenvalue weighted by Crippen LogP contribution is -2.34. The number of nitrogens with zero attached hydrogens (tertiary/aromatic N) is 1. The smallest absolute Gasteiger partial charge is 0.270 e. The quantitative estimate of drug-likeness (QED) is 0.900. The van der Waals surface area contributed by atoms with Crippen molar-refractivity contribution in [1.29, 1.82) is 0 Å². The number of nitrogens with one attached hydrogen (secondary N) is 2. The van der Waals surface area contributed by atoms with Crippen LogP contribution in [0.25, 0.3) is 11.3 Å². The highest BCUT2D eigenvalue weighted by Crippen LogP contribution is 2.23. The third-order valence-electron chi connectivity index (χ3n) is 4.10. The lowest BCUT2D eigenvalue weighted by molar-refractivity contribution is 0.337. The van der Waals surface area contributed by atoms with Gasteiger partial charge in [-0.05, 0) is 37.9 Å². The number of aromatic amines is 1. The number of piperidine rings is 1. The molecule has 0 spiro atoms. The largest absolute Gasteiger partial charge is 0.317 e. The molecule has 106 valence electrons. The van der Waals surface area contributed by atoms with Crippen LogP contribution in [0.2, 0.25) is 0 Å². The second-order valence-corrected chi connectivity index (χ2v) is 5.34. The normalized spacial score (nSPS) is 16.4. The second-order valence-electron chi connectivity index (χ2n) is 5.34. The van der Waals surface area contributed by atoms with E-state index in [4.69, 9.17) is 0 Å². The average molecular weight is 271 g/mol. The number of benzene rings is 1. The third-order valence-corrected chi connectivity index (χ3v) is 4.10. The number of rotatable bonds is 3. The van der Waals surface area contributed by atoms with E-state index in [9.17, 15) is 4.79 Å². The molecular formula is C16H21N3O. The average Bonchev–Trinajstić information content (AvgIpc) is 2.86. The monoisotopic (exact) mass is 271 g/mol. The van der Waals surface area contributed by atoms with Gasteiger partial charge in [0.15, 0.2) is 0 Å². The van der Waals surface area contributed by atoms with Gasteiger partial charge in [-0.2, -0.15) is 0 Å². The Balaban J connectivity index is 2.05. The molecule has 1 aliphatic heterocycles. The molecule has 0 amide bonds. The zero-order chi connectivity index (χ0) is 13.9. The molecule has 1 aliphatic rings. The minimum Gasteiger partial charge on any atom is -0.317 e. The molecule has 1 aromatic heterocycles. The summed E-state index contributed by atoms with van der Waals surface area (Å²) < 4.78 is 1.85. The van der Waals surface area contributed by atoms with Crippen LogP contribution in [0.1, 0.15) is 31.4 Å². The molecule has 0 radical (unpaired) electrons. The van der Waals surface area contributed by atoms with E-state index in [0.717, 1.165) is 49.2 Å². The molecule has 0 saturated carbocycles. The molecule has 2 N–H and O–H groups in total. The first-order valence-electron chi connectivity index (χ1n) is 7.40. The van der Waals surface area contributed by atoms with E-state index in [-0.39, 0.29) is 5.56 Å². The van der Waals surface area contributed by atoms with Gasteiger partial charge in [-0.1, -0.05) is 37.3 Å². The first-order valence-corrected chi connectivity index (χ1v) is 7.40. The first-order chi connectivity index (χ1) is 9.81. The summed E-state index contributed by atoms with van der Waals surface area (Å²) in [6.07, 6.45) is 2.78. The fourth-order valence-corrected chi connectivity index (χ4v) is 2.98. The van der Waals surface area contributed by atoms with Gasteiger partial charge in [-0.3, -0.25) is 9.89 Å². The Bertz CT molecular complexity index is 621. The summed E-state index contributed by atoms with van der Waals surface area (Å²) in [5.74, 6) is 0. The lowest BCUT2D eigenvalue weighted by Gasteiger charge is -2.23. The van der Waals surface area contributed by atoms with Crippen molar-refractivity contribution in [1.82, 2.24) is 15.1 Å². The fraction of sp³-hybridized carbons (Fsp3) is 0.438. The molecule has 4 nitrogen and oxygen atoms in total. The maximum Gasteiger partial charge on any atom is 0.270 e. The van der Waals surface area contributed by atoms with Crippen LogP contribution < -0.4 is 10.9 Å². The zero-order valence-electron chi connectivity index (χ0n) is 11.9. The Morgan fingerprint density at radius 1 is 1.20 bits per heavy atom. The van der Waals surface area contributed by atoms with Crippen molar-refractivity contribution in [2.75, 3.05) is 13.1 Å². The van der Waals surface area contributed by atoms with Gasteiger partial charge >= 0.3 is 0 Å². The molecule has 3 rings (SSSR count). The molecule has 20 heavy (non-hydrogen) atoms. The Morgan fingerprint density at radius 3 is 2.55 bits per heavy atom. The van der Waals surface area contributed by atoms with Crippen LogP contribution in [-0.4, -0.2) is 22.9 Å². The SMILES string of the molecule is CCc1c(-c2ccccc2)[nH]n(C2CCNCC2)c1=O. The highest BCUT2D eigenvalue weighted by Gasteiger charge is 2.21. The summed E-state index contributed by atoms with van der Waals surface area (Å²) in [6.45, 7) is 4.01. The van der Waals surface area contributed by atoms with Gasteiger partial charge in [0.25, 0.3) is 5.56 Å². The van der Waals surface area contributed by atoms with Gasteiger partial charge in [0.1, 0.15) is 0 Å². The lowest BCUT2D eigenvalue weighted by atomic mass is 10.1. The van der Waals surface area contributed by atoms with Crippen LogP contribution in [0, 0.1) is 0 Å². The Hall–Kier alpha value is -1.81. The molecule has 1 saturated heterocycles. The third kappa shape index (κ3) is 2.31. The predicted molar refractivity (Wildman–Crippen MR) is 81.0 cm³/mol. The van der Waals surface area contributed by atoms with E-state index in [1.165, 1.54) is 0 Å². The van der Waals surface area contributed by atoms with E-state index >= 15 is 0 Å². The molecule has 0 bridgehead atoms. The number of hydrogen-bond acceptors (Lipinski definition) is 2. The van der Waals surface area contributed by atoms with Crippen LogP contribution >= 0.6 is 0 Å². The van der Waals surface area contributed by atoms with Gasteiger partial charge < -0.3 is 5.32 Å². The molecule has 0 atom stereocenters. The highest BCUT2D eigenvalue weighted by molar-refractivity contribution is 5.62. The van der Waals surface area contributed by atoms with E-state index in [0.29, 0.717) is 6.04 Å². The van der Waals surface area contributed by atoms with Crippen molar-refractivity contribution >= 4 is 0 Å². The van der Waals surface area contributed by atoms with Crippen LogP contribution in [-0.2, 0) is 6.42 Å². The van der Waals surface area contributed by atoms with Crippen molar-refractivity contribution in [2.24, 2.45) is 0 Å². The number of hydrogen-bond donors (Lipinski definition) is 2. The summed E-state index contributed by atoms with van der Waals surface area (Å²) in [7, 11) is 0. The molecular weight excluding hydrogens is 250 g/mol. The van der Waals surface area contributed by atoms with Crippen molar-refractivity contribution in [3.8, 4) is 11.3 Å². The van der Waals surface area contributed by atoms with Gasteiger partial charge in [0.2, 0.25) is 0 Å². The van der Waals surface area contributed by atoms with Crippen LogP contribution in [0.4, 0.5) is 0 Å². The van der Waals surface area contributed by atoms with Gasteiger partial charge in [-0.25, -0.2) is 4.68 Å². The van der Waals surface area contributed by atoms with Gasteiger partial charge in [-0.15, -0.1) is 0 Å². The second kappa shape index (κ2) is 5.67. The first kappa shape index (κ1) is 13.2.